The minimum Gasteiger partial charge on any atom is -0.396 e. The first-order valence-electron chi connectivity index (χ1n) is 9.74. The highest BCUT2D eigenvalue weighted by molar-refractivity contribution is 4.63. The number of rotatable bonds is 15. The molecule has 0 aromatic rings. The van der Waals surface area contributed by atoms with E-state index in [9.17, 15) is 5.11 Å². The zero-order valence-corrected chi connectivity index (χ0v) is 15.4. The van der Waals surface area contributed by atoms with E-state index in [0.29, 0.717) is 12.5 Å². The Morgan fingerprint density at radius 3 is 1.95 bits per heavy atom. The van der Waals surface area contributed by atoms with Crippen molar-refractivity contribution < 1.29 is 5.11 Å². The van der Waals surface area contributed by atoms with Gasteiger partial charge < -0.3 is 5.11 Å². The Morgan fingerprint density at radius 2 is 1.33 bits per heavy atom. The lowest BCUT2D eigenvalue weighted by Gasteiger charge is -2.18. The molecule has 0 bridgehead atoms. The summed E-state index contributed by atoms with van der Waals surface area (Å²) >= 11 is 0. The molecule has 1 N–H and O–H groups in total. The van der Waals surface area contributed by atoms with E-state index in [4.69, 9.17) is 0 Å². The van der Waals surface area contributed by atoms with Crippen LogP contribution in [-0.2, 0) is 0 Å². The average molecular weight is 299 g/mol. The van der Waals surface area contributed by atoms with E-state index < -0.39 is 0 Å². The molecule has 1 heteroatoms. The molecule has 0 aliphatic rings. The third-order valence-corrected chi connectivity index (χ3v) is 5.13. The molecule has 0 amide bonds. The van der Waals surface area contributed by atoms with Crippen LogP contribution in [0.4, 0.5) is 0 Å². The zero-order chi connectivity index (χ0) is 15.9. The van der Waals surface area contributed by atoms with Gasteiger partial charge in [-0.05, 0) is 30.6 Å². The maximum absolute atomic E-state index is 9.52. The van der Waals surface area contributed by atoms with Crippen molar-refractivity contribution in [2.24, 2.45) is 17.8 Å². The van der Waals surface area contributed by atoms with E-state index >= 15 is 0 Å². The normalized spacial score (nSPS) is 15.9. The summed E-state index contributed by atoms with van der Waals surface area (Å²) in [6.07, 6.45) is 16.0. The van der Waals surface area contributed by atoms with Crippen molar-refractivity contribution in [3.8, 4) is 0 Å². The first-order chi connectivity index (χ1) is 10.1. The largest absolute Gasteiger partial charge is 0.396 e. The molecule has 0 saturated carbocycles. The lowest BCUT2D eigenvalue weighted by Crippen LogP contribution is -2.08. The van der Waals surface area contributed by atoms with Crippen LogP contribution in [0, 0.1) is 17.8 Å². The van der Waals surface area contributed by atoms with Crippen LogP contribution in [0.2, 0.25) is 0 Å². The van der Waals surface area contributed by atoms with Gasteiger partial charge in [-0.15, -0.1) is 0 Å². The summed E-state index contributed by atoms with van der Waals surface area (Å²) < 4.78 is 0. The van der Waals surface area contributed by atoms with Gasteiger partial charge in [-0.3, -0.25) is 0 Å². The fourth-order valence-electron chi connectivity index (χ4n) is 3.05. The van der Waals surface area contributed by atoms with Gasteiger partial charge in [0.15, 0.2) is 0 Å². The third kappa shape index (κ3) is 13.4. The molecule has 0 fully saturated rings. The van der Waals surface area contributed by atoms with Crippen LogP contribution < -0.4 is 0 Å². The van der Waals surface area contributed by atoms with Gasteiger partial charge >= 0.3 is 0 Å². The van der Waals surface area contributed by atoms with E-state index in [2.05, 4.69) is 27.7 Å². The highest BCUT2D eigenvalue weighted by Crippen LogP contribution is 2.23. The van der Waals surface area contributed by atoms with E-state index in [1.807, 2.05) is 0 Å². The molecule has 3 unspecified atom stereocenters. The molecule has 21 heavy (non-hydrogen) atoms. The summed E-state index contributed by atoms with van der Waals surface area (Å²) in [7, 11) is 0. The van der Waals surface area contributed by atoms with Gasteiger partial charge in [0, 0.05) is 6.61 Å². The van der Waals surface area contributed by atoms with Gasteiger partial charge in [-0.2, -0.15) is 0 Å². The molecule has 0 saturated heterocycles. The van der Waals surface area contributed by atoms with E-state index in [1.54, 1.807) is 0 Å². The lowest BCUT2D eigenvalue weighted by atomic mass is 9.89. The number of unbranched alkanes of at least 4 members (excludes halogenated alkanes) is 4. The zero-order valence-electron chi connectivity index (χ0n) is 15.4. The first-order valence-corrected chi connectivity index (χ1v) is 9.74. The fourth-order valence-corrected chi connectivity index (χ4v) is 3.05. The molecule has 0 heterocycles. The highest BCUT2D eigenvalue weighted by Gasteiger charge is 2.10. The molecule has 0 aromatic heterocycles. The predicted molar refractivity (Wildman–Crippen MR) is 95.7 cm³/mol. The van der Waals surface area contributed by atoms with Crippen molar-refractivity contribution in [2.75, 3.05) is 6.61 Å². The second-order valence-electron chi connectivity index (χ2n) is 7.38. The molecule has 0 aliphatic carbocycles. The maximum atomic E-state index is 9.52. The second kappa shape index (κ2) is 14.9. The molecule has 0 rings (SSSR count). The molecule has 0 aromatic carbocycles. The molecule has 1 nitrogen and oxygen atoms in total. The predicted octanol–water partition coefficient (Wildman–Crippen LogP) is 6.59. The van der Waals surface area contributed by atoms with Crippen molar-refractivity contribution in [1.82, 2.24) is 0 Å². The number of hydrogen-bond acceptors (Lipinski definition) is 1. The van der Waals surface area contributed by atoms with E-state index in [0.717, 1.165) is 11.8 Å². The SMILES string of the molecule is CCCCCCCC(CO)CCC(C)CCCC(C)CC. The summed E-state index contributed by atoms with van der Waals surface area (Å²) in [4.78, 5) is 0. The average Bonchev–Trinajstić information content (AvgIpc) is 2.49. The van der Waals surface area contributed by atoms with Gasteiger partial charge in [0.05, 0.1) is 0 Å². The van der Waals surface area contributed by atoms with Crippen molar-refractivity contribution in [3.05, 3.63) is 0 Å². The Hall–Kier alpha value is -0.0400. The van der Waals surface area contributed by atoms with Gasteiger partial charge in [0.1, 0.15) is 0 Å². The highest BCUT2D eigenvalue weighted by atomic mass is 16.3. The summed E-state index contributed by atoms with van der Waals surface area (Å²) in [6.45, 7) is 9.71. The van der Waals surface area contributed by atoms with Crippen molar-refractivity contribution in [3.63, 3.8) is 0 Å². The summed E-state index contributed by atoms with van der Waals surface area (Å²) in [5.41, 5.74) is 0. The minimum absolute atomic E-state index is 0.396. The smallest absolute Gasteiger partial charge is 0.0459 e. The summed E-state index contributed by atoms with van der Waals surface area (Å²) in [5.74, 6) is 2.29. The van der Waals surface area contributed by atoms with Crippen molar-refractivity contribution in [2.45, 2.75) is 105 Å². The third-order valence-electron chi connectivity index (χ3n) is 5.13. The number of aliphatic hydroxyl groups is 1. The van der Waals surface area contributed by atoms with E-state index in [1.165, 1.54) is 77.0 Å². The van der Waals surface area contributed by atoms with Crippen LogP contribution in [-0.4, -0.2) is 11.7 Å². The quantitative estimate of drug-likeness (QED) is 0.338. The molecular formula is C20H42O. The van der Waals surface area contributed by atoms with Crippen molar-refractivity contribution in [1.29, 1.82) is 0 Å². The van der Waals surface area contributed by atoms with Gasteiger partial charge in [0.25, 0.3) is 0 Å². The molecule has 0 radical (unpaired) electrons. The Bertz CT molecular complexity index is 202. The molecule has 0 spiro atoms. The second-order valence-corrected chi connectivity index (χ2v) is 7.38. The van der Waals surface area contributed by atoms with Crippen LogP contribution in [0.3, 0.4) is 0 Å². The Kier molecular flexibility index (Phi) is 14.9. The topological polar surface area (TPSA) is 20.2 Å². The Labute approximate surface area is 134 Å². The number of hydrogen-bond donors (Lipinski definition) is 1. The van der Waals surface area contributed by atoms with Crippen LogP contribution in [0.25, 0.3) is 0 Å². The van der Waals surface area contributed by atoms with Gasteiger partial charge in [-0.25, -0.2) is 0 Å². The van der Waals surface area contributed by atoms with Gasteiger partial charge in [-0.1, -0.05) is 91.9 Å². The maximum Gasteiger partial charge on any atom is 0.0459 e. The van der Waals surface area contributed by atoms with Crippen LogP contribution in [0.5, 0.6) is 0 Å². The standard InChI is InChI=1S/C20H42O/c1-5-7-8-9-10-14-20(17-21)16-15-19(4)13-11-12-18(3)6-2/h18-21H,5-17H2,1-4H3. The number of aliphatic hydroxyl groups excluding tert-OH is 1. The van der Waals surface area contributed by atoms with Crippen molar-refractivity contribution >= 4 is 0 Å². The van der Waals surface area contributed by atoms with E-state index in [-0.39, 0.29) is 0 Å². The fraction of sp³-hybridized carbons (Fsp3) is 1.00. The molecule has 3 atom stereocenters. The lowest BCUT2D eigenvalue weighted by molar-refractivity contribution is 0.198. The Balaban J connectivity index is 3.59. The summed E-state index contributed by atoms with van der Waals surface area (Å²) in [5, 5.41) is 9.52. The summed E-state index contributed by atoms with van der Waals surface area (Å²) in [6, 6.07) is 0. The van der Waals surface area contributed by atoms with Crippen LogP contribution >= 0.6 is 0 Å². The monoisotopic (exact) mass is 298 g/mol. The van der Waals surface area contributed by atoms with Crippen LogP contribution in [0.1, 0.15) is 105 Å². The molecule has 128 valence electrons. The Morgan fingerprint density at radius 1 is 0.667 bits per heavy atom. The first kappa shape index (κ1) is 21.0. The van der Waals surface area contributed by atoms with Gasteiger partial charge in [0.2, 0.25) is 0 Å². The minimum atomic E-state index is 0.396. The molecular weight excluding hydrogens is 256 g/mol. The molecule has 0 aliphatic heterocycles. The van der Waals surface area contributed by atoms with Crippen LogP contribution in [0.15, 0.2) is 0 Å².